The summed E-state index contributed by atoms with van der Waals surface area (Å²) in [6, 6.07) is 4.94. The summed E-state index contributed by atoms with van der Waals surface area (Å²) in [6.45, 7) is 0.408. The molecular weight excluding hydrogens is 321 g/mol. The van der Waals surface area contributed by atoms with E-state index in [1.165, 1.54) is 4.90 Å². The number of hydrogen-bond acceptors (Lipinski definition) is 2. The summed E-state index contributed by atoms with van der Waals surface area (Å²) in [5, 5.41) is 9.07. The van der Waals surface area contributed by atoms with Crippen LogP contribution in [0, 0.1) is 0 Å². The smallest absolute Gasteiger partial charge is 0.303 e. The highest BCUT2D eigenvalue weighted by Gasteiger charge is 2.13. The molecule has 1 N–H and O–H groups in total. The van der Waals surface area contributed by atoms with E-state index in [0.717, 1.165) is 0 Å². The number of hydrogen-bond donors (Lipinski definition) is 1. The molecule has 4 nitrogen and oxygen atoms in total. The summed E-state index contributed by atoms with van der Waals surface area (Å²) in [5.41, 5.74) is 0.518. The van der Waals surface area contributed by atoms with Crippen molar-refractivity contribution in [1.82, 2.24) is 4.90 Å². The van der Waals surface area contributed by atoms with Gasteiger partial charge in [0.15, 0.2) is 0 Å². The Hall–Kier alpha value is -1.07. The second-order valence-electron chi connectivity index (χ2n) is 3.85. The van der Waals surface area contributed by atoms with Gasteiger partial charge >= 0.3 is 5.97 Å². The zero-order valence-electron chi connectivity index (χ0n) is 9.82. The predicted octanol–water partition coefficient (Wildman–Crippen LogP) is 3.04. The number of rotatable bonds is 5. The first kappa shape index (κ1) is 15.0. The fourth-order valence-electron chi connectivity index (χ4n) is 1.42. The average molecular weight is 335 g/mol. The Morgan fingerprint density at radius 1 is 1.44 bits per heavy atom. The second kappa shape index (κ2) is 6.75. The Kier molecular flexibility index (Phi) is 5.62. The van der Waals surface area contributed by atoms with Crippen molar-refractivity contribution in [3.8, 4) is 0 Å². The van der Waals surface area contributed by atoms with E-state index in [0.29, 0.717) is 28.0 Å². The lowest BCUT2D eigenvalue weighted by molar-refractivity contribution is -0.137. The number of carbonyl (C=O) groups excluding carboxylic acids is 1. The van der Waals surface area contributed by atoms with Gasteiger partial charge in [-0.15, -0.1) is 0 Å². The first-order chi connectivity index (χ1) is 8.41. The van der Waals surface area contributed by atoms with E-state index in [2.05, 4.69) is 15.9 Å². The van der Waals surface area contributed by atoms with E-state index in [4.69, 9.17) is 16.7 Å². The van der Waals surface area contributed by atoms with Crippen LogP contribution in [0.3, 0.4) is 0 Å². The highest BCUT2D eigenvalue weighted by molar-refractivity contribution is 9.10. The van der Waals surface area contributed by atoms with Gasteiger partial charge in [0.1, 0.15) is 0 Å². The van der Waals surface area contributed by atoms with E-state index < -0.39 is 5.97 Å². The molecule has 0 aliphatic rings. The SMILES string of the molecule is CN(CCCC(=O)O)C(=O)c1ccc(Cl)c(Br)c1. The van der Waals surface area contributed by atoms with Crippen LogP contribution in [0.5, 0.6) is 0 Å². The molecule has 0 unspecified atom stereocenters. The lowest BCUT2D eigenvalue weighted by Crippen LogP contribution is -2.28. The van der Waals surface area contributed by atoms with Crippen molar-refractivity contribution in [2.75, 3.05) is 13.6 Å². The molecule has 0 aromatic heterocycles. The summed E-state index contributed by atoms with van der Waals surface area (Å²) < 4.78 is 0.661. The largest absolute Gasteiger partial charge is 0.481 e. The molecule has 0 fully saturated rings. The van der Waals surface area contributed by atoms with Crippen molar-refractivity contribution in [3.05, 3.63) is 33.3 Å². The minimum Gasteiger partial charge on any atom is -0.481 e. The highest BCUT2D eigenvalue weighted by Crippen LogP contribution is 2.23. The number of benzene rings is 1. The van der Waals surface area contributed by atoms with Gasteiger partial charge in [0, 0.05) is 30.0 Å². The van der Waals surface area contributed by atoms with Gasteiger partial charge in [-0.3, -0.25) is 9.59 Å². The molecule has 1 aromatic rings. The molecule has 0 bridgehead atoms. The maximum atomic E-state index is 12.0. The van der Waals surface area contributed by atoms with Crippen LogP contribution in [-0.2, 0) is 4.79 Å². The summed E-state index contributed by atoms with van der Waals surface area (Å²) in [6.07, 6.45) is 0.494. The van der Waals surface area contributed by atoms with Crippen LogP contribution in [0.2, 0.25) is 5.02 Å². The van der Waals surface area contributed by atoms with Crippen molar-refractivity contribution in [1.29, 1.82) is 0 Å². The summed E-state index contributed by atoms with van der Waals surface area (Å²) in [5.74, 6) is -1.01. The first-order valence-electron chi connectivity index (χ1n) is 5.34. The normalized spacial score (nSPS) is 10.2. The van der Waals surface area contributed by atoms with E-state index in [1.54, 1.807) is 25.2 Å². The number of amides is 1. The van der Waals surface area contributed by atoms with Crippen LogP contribution < -0.4 is 0 Å². The third-order valence-electron chi connectivity index (χ3n) is 2.40. The van der Waals surface area contributed by atoms with Crippen molar-refractivity contribution in [2.45, 2.75) is 12.8 Å². The Bertz CT molecular complexity index is 465. The van der Waals surface area contributed by atoms with E-state index in [-0.39, 0.29) is 12.3 Å². The van der Waals surface area contributed by atoms with Crippen LogP contribution in [0.25, 0.3) is 0 Å². The van der Waals surface area contributed by atoms with Crippen molar-refractivity contribution in [2.24, 2.45) is 0 Å². The predicted molar refractivity (Wildman–Crippen MR) is 73.0 cm³/mol. The fourth-order valence-corrected chi connectivity index (χ4v) is 1.91. The van der Waals surface area contributed by atoms with Crippen LogP contribution >= 0.6 is 27.5 Å². The molecule has 1 rings (SSSR count). The van der Waals surface area contributed by atoms with Crippen LogP contribution in [0.15, 0.2) is 22.7 Å². The van der Waals surface area contributed by atoms with Gasteiger partial charge in [-0.2, -0.15) is 0 Å². The lowest BCUT2D eigenvalue weighted by Gasteiger charge is -2.16. The molecule has 1 amide bonds. The fraction of sp³-hybridized carbons (Fsp3) is 0.333. The lowest BCUT2D eigenvalue weighted by atomic mass is 10.2. The monoisotopic (exact) mass is 333 g/mol. The molecule has 98 valence electrons. The van der Waals surface area contributed by atoms with Crippen molar-refractivity contribution in [3.63, 3.8) is 0 Å². The Morgan fingerprint density at radius 2 is 2.11 bits per heavy atom. The Morgan fingerprint density at radius 3 is 2.67 bits per heavy atom. The standard InChI is InChI=1S/C12H13BrClNO3/c1-15(6-2-3-11(16)17)12(18)8-4-5-10(14)9(13)7-8/h4-5,7H,2-3,6H2,1H3,(H,16,17). The Balaban J connectivity index is 2.62. The second-order valence-corrected chi connectivity index (χ2v) is 5.11. The summed E-state index contributed by atoms with van der Waals surface area (Å²) >= 11 is 9.10. The molecule has 0 heterocycles. The average Bonchev–Trinajstić information content (AvgIpc) is 2.31. The molecule has 0 aliphatic carbocycles. The van der Waals surface area contributed by atoms with Crippen molar-refractivity contribution >= 4 is 39.4 Å². The van der Waals surface area contributed by atoms with Crippen LogP contribution in [0.1, 0.15) is 23.2 Å². The zero-order valence-corrected chi connectivity index (χ0v) is 12.2. The van der Waals surface area contributed by atoms with E-state index in [1.807, 2.05) is 0 Å². The van der Waals surface area contributed by atoms with Crippen LogP contribution in [0.4, 0.5) is 0 Å². The molecule has 0 saturated carbocycles. The van der Waals surface area contributed by atoms with E-state index in [9.17, 15) is 9.59 Å². The summed E-state index contributed by atoms with van der Waals surface area (Å²) in [4.78, 5) is 23.9. The van der Waals surface area contributed by atoms with Gasteiger partial charge in [0.2, 0.25) is 0 Å². The number of aliphatic carboxylic acids is 1. The van der Waals surface area contributed by atoms with Crippen LogP contribution in [-0.4, -0.2) is 35.5 Å². The van der Waals surface area contributed by atoms with Gasteiger partial charge in [-0.25, -0.2) is 0 Å². The number of carbonyl (C=O) groups is 2. The molecule has 0 spiro atoms. The van der Waals surface area contributed by atoms with Gasteiger partial charge in [0.25, 0.3) is 5.91 Å². The number of carboxylic acids is 1. The minimum absolute atomic E-state index is 0.0575. The van der Waals surface area contributed by atoms with E-state index >= 15 is 0 Å². The third-order valence-corrected chi connectivity index (χ3v) is 3.61. The molecule has 0 atom stereocenters. The molecule has 6 heteroatoms. The third kappa shape index (κ3) is 4.31. The highest BCUT2D eigenvalue weighted by atomic mass is 79.9. The maximum Gasteiger partial charge on any atom is 0.303 e. The number of nitrogens with zero attached hydrogens (tertiary/aromatic N) is 1. The molecule has 1 aromatic carbocycles. The molecule has 0 saturated heterocycles. The first-order valence-corrected chi connectivity index (χ1v) is 6.51. The molecule has 0 aliphatic heterocycles. The molecular formula is C12H13BrClNO3. The zero-order chi connectivity index (χ0) is 13.7. The Labute approximate surface area is 119 Å². The van der Waals surface area contributed by atoms with Gasteiger partial charge in [-0.1, -0.05) is 11.6 Å². The number of carboxylic acid groups (broad SMARTS) is 1. The minimum atomic E-state index is -0.856. The summed E-state index contributed by atoms with van der Waals surface area (Å²) in [7, 11) is 1.65. The quantitative estimate of drug-likeness (QED) is 0.900. The molecule has 18 heavy (non-hydrogen) atoms. The molecule has 0 radical (unpaired) electrons. The van der Waals surface area contributed by atoms with Gasteiger partial charge in [-0.05, 0) is 40.5 Å². The van der Waals surface area contributed by atoms with Gasteiger partial charge in [0.05, 0.1) is 5.02 Å². The van der Waals surface area contributed by atoms with Crippen molar-refractivity contribution < 1.29 is 14.7 Å². The topological polar surface area (TPSA) is 57.6 Å². The maximum absolute atomic E-state index is 12.0. The number of halogens is 2. The van der Waals surface area contributed by atoms with Gasteiger partial charge < -0.3 is 10.0 Å².